The van der Waals surface area contributed by atoms with Crippen LogP contribution in [0.25, 0.3) is 0 Å². The average molecular weight is 267 g/mol. The molecule has 0 aliphatic carbocycles. The second kappa shape index (κ2) is 6.99. The summed E-state index contributed by atoms with van der Waals surface area (Å²) in [5.41, 5.74) is 0.243. The average Bonchev–Trinajstić information content (AvgIpc) is 2.38. The van der Waals surface area contributed by atoms with Crippen LogP contribution in [0.5, 0.6) is 11.5 Å². The van der Waals surface area contributed by atoms with Gasteiger partial charge in [0.1, 0.15) is 11.5 Å². The van der Waals surface area contributed by atoms with E-state index in [-0.39, 0.29) is 29.9 Å². The zero-order valence-electron chi connectivity index (χ0n) is 11.6. The first kappa shape index (κ1) is 15.3. The van der Waals surface area contributed by atoms with Crippen LogP contribution < -0.4 is 4.74 Å². The first-order chi connectivity index (χ1) is 9.01. The molecule has 0 aliphatic heterocycles. The number of phenolic OH excluding ortho intramolecular Hbond substituents is 1. The standard InChI is InChI=1S/C14H21NO4/c1-10(2)15(7-4-8-16)14(18)12-6-5-11(19-3)9-13(12)17/h5-6,9-10,16-17H,4,7-8H2,1-3H3. The van der Waals surface area contributed by atoms with E-state index >= 15 is 0 Å². The molecule has 2 N–H and O–H groups in total. The largest absolute Gasteiger partial charge is 0.507 e. The first-order valence-corrected chi connectivity index (χ1v) is 6.30. The molecular formula is C14H21NO4. The monoisotopic (exact) mass is 267 g/mol. The van der Waals surface area contributed by atoms with E-state index in [9.17, 15) is 9.90 Å². The second-order valence-electron chi connectivity index (χ2n) is 4.55. The van der Waals surface area contributed by atoms with Gasteiger partial charge < -0.3 is 19.8 Å². The van der Waals surface area contributed by atoms with Crippen molar-refractivity contribution in [1.29, 1.82) is 0 Å². The molecule has 1 amide bonds. The topological polar surface area (TPSA) is 70.0 Å². The van der Waals surface area contributed by atoms with Crippen molar-refractivity contribution in [3.8, 4) is 11.5 Å². The van der Waals surface area contributed by atoms with Crippen molar-refractivity contribution in [3.63, 3.8) is 0 Å². The predicted octanol–water partition coefficient (Wildman–Crippen LogP) is 1.63. The molecule has 0 saturated heterocycles. The van der Waals surface area contributed by atoms with E-state index in [1.165, 1.54) is 13.2 Å². The van der Waals surface area contributed by atoms with Crippen LogP contribution in [0.15, 0.2) is 18.2 Å². The smallest absolute Gasteiger partial charge is 0.257 e. The van der Waals surface area contributed by atoms with Crippen molar-refractivity contribution >= 4 is 5.91 Å². The maximum absolute atomic E-state index is 12.4. The normalized spacial score (nSPS) is 10.6. The van der Waals surface area contributed by atoms with Gasteiger partial charge in [0, 0.05) is 25.3 Å². The highest BCUT2D eigenvalue weighted by Crippen LogP contribution is 2.25. The van der Waals surface area contributed by atoms with Crippen LogP contribution in [0.3, 0.4) is 0 Å². The lowest BCUT2D eigenvalue weighted by Crippen LogP contribution is -2.38. The summed E-state index contributed by atoms with van der Waals surface area (Å²) in [5, 5.41) is 18.7. The van der Waals surface area contributed by atoms with Crippen molar-refractivity contribution in [3.05, 3.63) is 23.8 Å². The van der Waals surface area contributed by atoms with Gasteiger partial charge in [0.25, 0.3) is 5.91 Å². The molecule has 0 fully saturated rings. The summed E-state index contributed by atoms with van der Waals surface area (Å²) in [4.78, 5) is 14.0. The Morgan fingerprint density at radius 3 is 2.58 bits per heavy atom. The van der Waals surface area contributed by atoms with Crippen LogP contribution in [0.1, 0.15) is 30.6 Å². The highest BCUT2D eigenvalue weighted by Gasteiger charge is 2.21. The summed E-state index contributed by atoms with van der Waals surface area (Å²) < 4.78 is 4.98. The lowest BCUT2D eigenvalue weighted by atomic mass is 10.1. The number of phenols is 1. The van der Waals surface area contributed by atoms with Crippen LogP contribution in [-0.2, 0) is 0 Å². The number of ether oxygens (including phenoxy) is 1. The summed E-state index contributed by atoms with van der Waals surface area (Å²) in [6.45, 7) is 4.29. The Morgan fingerprint density at radius 2 is 2.11 bits per heavy atom. The van der Waals surface area contributed by atoms with Crippen molar-refractivity contribution in [2.75, 3.05) is 20.3 Å². The lowest BCUT2D eigenvalue weighted by Gasteiger charge is -2.27. The zero-order chi connectivity index (χ0) is 14.4. The van der Waals surface area contributed by atoms with Crippen LogP contribution in [0.4, 0.5) is 0 Å². The van der Waals surface area contributed by atoms with Crippen LogP contribution in [0.2, 0.25) is 0 Å². The molecule has 0 saturated carbocycles. The number of rotatable bonds is 6. The third kappa shape index (κ3) is 3.86. The number of aliphatic hydroxyl groups is 1. The Hall–Kier alpha value is -1.75. The number of methoxy groups -OCH3 is 1. The van der Waals surface area contributed by atoms with Gasteiger partial charge in [0.15, 0.2) is 0 Å². The zero-order valence-corrected chi connectivity index (χ0v) is 11.6. The third-order valence-electron chi connectivity index (χ3n) is 2.88. The van der Waals surface area contributed by atoms with Crippen molar-refractivity contribution in [1.82, 2.24) is 4.90 Å². The Morgan fingerprint density at radius 1 is 1.42 bits per heavy atom. The number of aromatic hydroxyl groups is 1. The van der Waals surface area contributed by atoms with Gasteiger partial charge in [0.05, 0.1) is 12.7 Å². The highest BCUT2D eigenvalue weighted by atomic mass is 16.5. The van der Waals surface area contributed by atoms with Gasteiger partial charge in [-0.15, -0.1) is 0 Å². The van der Waals surface area contributed by atoms with Gasteiger partial charge in [-0.25, -0.2) is 0 Å². The Bertz CT molecular complexity index is 431. The minimum Gasteiger partial charge on any atom is -0.507 e. The fourth-order valence-electron chi connectivity index (χ4n) is 1.81. The number of nitrogens with zero attached hydrogens (tertiary/aromatic N) is 1. The maximum atomic E-state index is 12.4. The molecule has 19 heavy (non-hydrogen) atoms. The van der Waals surface area contributed by atoms with Gasteiger partial charge in [0.2, 0.25) is 0 Å². The molecule has 0 atom stereocenters. The molecule has 0 heterocycles. The Balaban J connectivity index is 2.96. The van der Waals surface area contributed by atoms with Gasteiger partial charge in [-0.1, -0.05) is 0 Å². The second-order valence-corrected chi connectivity index (χ2v) is 4.55. The number of carbonyl (C=O) groups is 1. The number of aliphatic hydroxyl groups excluding tert-OH is 1. The molecule has 0 aliphatic rings. The third-order valence-corrected chi connectivity index (χ3v) is 2.88. The fourth-order valence-corrected chi connectivity index (χ4v) is 1.81. The molecule has 0 aromatic heterocycles. The van der Waals surface area contributed by atoms with Gasteiger partial charge in [-0.2, -0.15) is 0 Å². The molecule has 0 radical (unpaired) electrons. The molecule has 0 bridgehead atoms. The summed E-state index contributed by atoms with van der Waals surface area (Å²) >= 11 is 0. The van der Waals surface area contributed by atoms with E-state index in [0.29, 0.717) is 18.7 Å². The molecule has 1 aromatic rings. The molecule has 0 unspecified atom stereocenters. The van der Waals surface area contributed by atoms with E-state index in [2.05, 4.69) is 0 Å². The van der Waals surface area contributed by atoms with E-state index in [1.807, 2.05) is 13.8 Å². The van der Waals surface area contributed by atoms with Gasteiger partial charge >= 0.3 is 0 Å². The van der Waals surface area contributed by atoms with Crippen LogP contribution in [0, 0.1) is 0 Å². The fraction of sp³-hybridized carbons (Fsp3) is 0.500. The number of carbonyl (C=O) groups excluding carboxylic acids is 1. The molecular weight excluding hydrogens is 246 g/mol. The highest BCUT2D eigenvalue weighted by molar-refractivity contribution is 5.97. The molecule has 1 aromatic carbocycles. The summed E-state index contributed by atoms with van der Waals surface area (Å²) in [6, 6.07) is 4.60. The molecule has 106 valence electrons. The van der Waals surface area contributed by atoms with Crippen molar-refractivity contribution in [2.45, 2.75) is 26.3 Å². The predicted molar refractivity (Wildman–Crippen MR) is 72.5 cm³/mol. The van der Waals surface area contributed by atoms with E-state index in [4.69, 9.17) is 9.84 Å². The van der Waals surface area contributed by atoms with Crippen LogP contribution in [-0.4, -0.2) is 47.3 Å². The maximum Gasteiger partial charge on any atom is 0.257 e. The van der Waals surface area contributed by atoms with Crippen molar-refractivity contribution in [2.24, 2.45) is 0 Å². The summed E-state index contributed by atoms with van der Waals surface area (Å²) in [6.07, 6.45) is 0.515. The number of hydrogen-bond acceptors (Lipinski definition) is 4. The molecule has 0 spiro atoms. The van der Waals surface area contributed by atoms with E-state index in [1.54, 1.807) is 17.0 Å². The summed E-state index contributed by atoms with van der Waals surface area (Å²) in [5.74, 6) is 0.156. The SMILES string of the molecule is COc1ccc(C(=O)N(CCCO)C(C)C)c(O)c1. The van der Waals surface area contributed by atoms with E-state index < -0.39 is 0 Å². The number of amides is 1. The van der Waals surface area contributed by atoms with Gasteiger partial charge in [-0.05, 0) is 32.4 Å². The number of benzene rings is 1. The minimum absolute atomic E-state index is 0.000511. The summed E-state index contributed by atoms with van der Waals surface area (Å²) in [7, 11) is 1.50. The minimum atomic E-state index is -0.247. The van der Waals surface area contributed by atoms with Crippen molar-refractivity contribution < 1.29 is 19.7 Å². The number of hydrogen-bond donors (Lipinski definition) is 2. The van der Waals surface area contributed by atoms with E-state index in [0.717, 1.165) is 0 Å². The lowest BCUT2D eigenvalue weighted by molar-refractivity contribution is 0.0690. The molecule has 5 heteroatoms. The van der Waals surface area contributed by atoms with Gasteiger partial charge in [-0.3, -0.25) is 4.79 Å². The molecule has 5 nitrogen and oxygen atoms in total. The Labute approximate surface area is 113 Å². The van der Waals surface area contributed by atoms with Crippen LogP contribution >= 0.6 is 0 Å². The quantitative estimate of drug-likeness (QED) is 0.822. The first-order valence-electron chi connectivity index (χ1n) is 6.30. The Kier molecular flexibility index (Phi) is 5.63. The molecule has 1 rings (SSSR count).